The molecule has 0 spiro atoms. The van der Waals surface area contributed by atoms with E-state index >= 15 is 0 Å². The van der Waals surface area contributed by atoms with Crippen molar-refractivity contribution in [3.05, 3.63) is 58.3 Å². The number of rotatable bonds is 6. The summed E-state index contributed by atoms with van der Waals surface area (Å²) in [5.41, 5.74) is 0.584. The summed E-state index contributed by atoms with van der Waals surface area (Å²) < 4.78 is 40.7. The summed E-state index contributed by atoms with van der Waals surface area (Å²) in [5, 5.41) is 2.61. The van der Waals surface area contributed by atoms with Crippen LogP contribution in [0.1, 0.15) is 23.2 Å². The zero-order valence-electron chi connectivity index (χ0n) is 13.1. The maximum absolute atomic E-state index is 13.4. The molecule has 0 radical (unpaired) electrons. The quantitative estimate of drug-likeness (QED) is 0.741. The van der Waals surface area contributed by atoms with E-state index in [0.29, 0.717) is 22.6 Å². The highest BCUT2D eigenvalue weighted by Gasteiger charge is 2.24. The molecule has 5 nitrogen and oxygen atoms in total. The monoisotopic (exact) mass is 426 g/mol. The van der Waals surface area contributed by atoms with Gasteiger partial charge in [-0.15, -0.1) is 0 Å². The number of amides is 1. The molecular formula is C17H16BrFN2O3S. The van der Waals surface area contributed by atoms with Crippen molar-refractivity contribution >= 4 is 37.5 Å². The van der Waals surface area contributed by atoms with Gasteiger partial charge in [0.2, 0.25) is 10.0 Å². The molecule has 2 aromatic rings. The summed E-state index contributed by atoms with van der Waals surface area (Å²) >= 11 is 3.13. The molecule has 2 aromatic carbocycles. The fourth-order valence-electron chi connectivity index (χ4n) is 2.24. The lowest BCUT2D eigenvalue weighted by atomic mass is 10.2. The van der Waals surface area contributed by atoms with E-state index in [1.807, 2.05) is 0 Å². The number of halogens is 2. The summed E-state index contributed by atoms with van der Waals surface area (Å²) in [6, 6.07) is 9.72. The molecule has 0 aliphatic heterocycles. The Balaban J connectivity index is 1.68. The van der Waals surface area contributed by atoms with Crippen molar-refractivity contribution in [3.63, 3.8) is 0 Å². The molecule has 0 saturated heterocycles. The first-order valence-corrected chi connectivity index (χ1v) is 9.98. The number of hydrogen-bond donors (Lipinski definition) is 2. The minimum Gasteiger partial charge on any atom is -0.322 e. The Hall–Kier alpha value is -1.77. The first-order chi connectivity index (χ1) is 11.8. The van der Waals surface area contributed by atoms with Crippen LogP contribution in [0.3, 0.4) is 0 Å². The molecule has 0 unspecified atom stereocenters. The van der Waals surface area contributed by atoms with Gasteiger partial charge in [0.05, 0.1) is 4.90 Å². The zero-order chi connectivity index (χ0) is 18.0. The number of carbonyl (C=O) groups excluding carboxylic acids is 1. The first-order valence-electron chi connectivity index (χ1n) is 7.71. The molecule has 0 aromatic heterocycles. The van der Waals surface area contributed by atoms with Gasteiger partial charge < -0.3 is 5.32 Å². The summed E-state index contributed by atoms with van der Waals surface area (Å²) in [5.74, 6) is -0.565. The maximum atomic E-state index is 13.4. The molecule has 1 amide bonds. The minimum absolute atomic E-state index is 0.139. The van der Waals surface area contributed by atoms with E-state index in [0.717, 1.165) is 18.9 Å². The second-order valence-corrected chi connectivity index (χ2v) is 8.61. The molecule has 2 N–H and O–H groups in total. The third-order valence-electron chi connectivity index (χ3n) is 3.81. The summed E-state index contributed by atoms with van der Waals surface area (Å²) in [6.45, 7) is 0.454. The predicted molar refractivity (Wildman–Crippen MR) is 96.4 cm³/mol. The van der Waals surface area contributed by atoms with E-state index < -0.39 is 21.7 Å². The van der Waals surface area contributed by atoms with Crippen LogP contribution in [0, 0.1) is 11.7 Å². The molecular weight excluding hydrogens is 411 g/mol. The number of anilines is 1. The summed E-state index contributed by atoms with van der Waals surface area (Å²) in [6.07, 6.45) is 2.12. The fraction of sp³-hybridized carbons (Fsp3) is 0.235. The average Bonchev–Trinajstić information content (AvgIpc) is 3.37. The topological polar surface area (TPSA) is 75.3 Å². The molecule has 0 heterocycles. The third-order valence-corrected chi connectivity index (χ3v) is 5.70. The lowest BCUT2D eigenvalue weighted by molar-refractivity contribution is 0.102. The molecule has 0 atom stereocenters. The van der Waals surface area contributed by atoms with Crippen molar-refractivity contribution in [2.24, 2.45) is 5.92 Å². The highest BCUT2D eigenvalue weighted by molar-refractivity contribution is 9.10. The van der Waals surface area contributed by atoms with Gasteiger partial charge in [-0.2, -0.15) is 0 Å². The standard InChI is InChI=1S/C17H16BrFN2O3S/c18-13-7-12(8-14(19)9-13)17(22)21-15-3-5-16(6-4-15)25(23,24)20-10-11-1-2-11/h3-9,11,20H,1-2,10H2,(H,21,22). The third kappa shape index (κ3) is 4.87. The van der Waals surface area contributed by atoms with E-state index in [2.05, 4.69) is 26.0 Å². The minimum atomic E-state index is -3.54. The smallest absolute Gasteiger partial charge is 0.255 e. The normalized spacial score (nSPS) is 14.3. The Labute approximate surface area is 153 Å². The Bertz CT molecular complexity index is 876. The molecule has 3 rings (SSSR count). The van der Waals surface area contributed by atoms with Gasteiger partial charge in [-0.25, -0.2) is 17.5 Å². The number of hydrogen-bond acceptors (Lipinski definition) is 3. The molecule has 132 valence electrons. The number of carbonyl (C=O) groups is 1. The van der Waals surface area contributed by atoms with E-state index in [1.165, 1.54) is 36.4 Å². The zero-order valence-corrected chi connectivity index (χ0v) is 15.5. The average molecular weight is 427 g/mol. The van der Waals surface area contributed by atoms with Crippen LogP contribution in [-0.4, -0.2) is 20.9 Å². The van der Waals surface area contributed by atoms with Crippen molar-refractivity contribution in [1.29, 1.82) is 0 Å². The van der Waals surface area contributed by atoms with E-state index in [9.17, 15) is 17.6 Å². The van der Waals surface area contributed by atoms with Crippen LogP contribution in [0.15, 0.2) is 51.8 Å². The van der Waals surface area contributed by atoms with E-state index in [1.54, 1.807) is 0 Å². The van der Waals surface area contributed by atoms with Gasteiger partial charge in [0.25, 0.3) is 5.91 Å². The predicted octanol–water partition coefficient (Wildman–Crippen LogP) is 3.53. The van der Waals surface area contributed by atoms with Crippen LogP contribution in [0.2, 0.25) is 0 Å². The van der Waals surface area contributed by atoms with Crippen LogP contribution in [-0.2, 0) is 10.0 Å². The number of benzene rings is 2. The largest absolute Gasteiger partial charge is 0.322 e. The van der Waals surface area contributed by atoms with Crippen molar-refractivity contribution in [2.45, 2.75) is 17.7 Å². The Morgan fingerprint density at radius 3 is 2.44 bits per heavy atom. The molecule has 1 aliphatic carbocycles. The van der Waals surface area contributed by atoms with Crippen LogP contribution in [0.25, 0.3) is 0 Å². The number of sulfonamides is 1. The molecule has 8 heteroatoms. The van der Waals surface area contributed by atoms with Crippen molar-refractivity contribution in [2.75, 3.05) is 11.9 Å². The molecule has 1 aliphatic rings. The van der Waals surface area contributed by atoms with Crippen LogP contribution < -0.4 is 10.0 Å². The van der Waals surface area contributed by atoms with Gasteiger partial charge in [-0.05, 0) is 61.2 Å². The van der Waals surface area contributed by atoms with Gasteiger partial charge in [0, 0.05) is 22.3 Å². The Kier molecular flexibility index (Phi) is 5.21. The van der Waals surface area contributed by atoms with Gasteiger partial charge in [0.15, 0.2) is 0 Å². The molecule has 25 heavy (non-hydrogen) atoms. The van der Waals surface area contributed by atoms with Crippen molar-refractivity contribution in [1.82, 2.24) is 4.72 Å². The SMILES string of the molecule is O=C(Nc1ccc(S(=O)(=O)NCC2CC2)cc1)c1cc(F)cc(Br)c1. The van der Waals surface area contributed by atoms with E-state index in [4.69, 9.17) is 0 Å². The van der Waals surface area contributed by atoms with Gasteiger partial charge in [-0.1, -0.05) is 15.9 Å². The Morgan fingerprint density at radius 1 is 1.16 bits per heavy atom. The van der Waals surface area contributed by atoms with Gasteiger partial charge in [-0.3, -0.25) is 4.79 Å². The summed E-state index contributed by atoms with van der Waals surface area (Å²) in [7, 11) is -3.54. The lowest BCUT2D eigenvalue weighted by Crippen LogP contribution is -2.25. The highest BCUT2D eigenvalue weighted by atomic mass is 79.9. The van der Waals surface area contributed by atoms with Crippen LogP contribution in [0.4, 0.5) is 10.1 Å². The fourth-order valence-corrected chi connectivity index (χ4v) is 3.82. The molecule has 0 bridgehead atoms. The Morgan fingerprint density at radius 2 is 1.84 bits per heavy atom. The highest BCUT2D eigenvalue weighted by Crippen LogP contribution is 2.28. The van der Waals surface area contributed by atoms with Crippen molar-refractivity contribution in [3.8, 4) is 0 Å². The number of nitrogens with one attached hydrogen (secondary N) is 2. The van der Waals surface area contributed by atoms with Crippen LogP contribution >= 0.6 is 15.9 Å². The van der Waals surface area contributed by atoms with Crippen LogP contribution in [0.5, 0.6) is 0 Å². The maximum Gasteiger partial charge on any atom is 0.255 e. The van der Waals surface area contributed by atoms with Crippen molar-refractivity contribution < 1.29 is 17.6 Å². The second kappa shape index (κ2) is 7.23. The van der Waals surface area contributed by atoms with E-state index in [-0.39, 0.29) is 10.5 Å². The van der Waals surface area contributed by atoms with Gasteiger partial charge >= 0.3 is 0 Å². The lowest BCUT2D eigenvalue weighted by Gasteiger charge is -2.09. The summed E-state index contributed by atoms with van der Waals surface area (Å²) in [4.78, 5) is 12.3. The first kappa shape index (κ1) is 18.0. The second-order valence-electron chi connectivity index (χ2n) is 5.93. The van der Waals surface area contributed by atoms with Gasteiger partial charge in [0.1, 0.15) is 5.82 Å². The molecule has 1 fully saturated rings. The molecule has 1 saturated carbocycles.